The molecule has 7 nitrogen and oxygen atoms in total. The van der Waals surface area contributed by atoms with Crippen molar-refractivity contribution < 1.29 is 9.53 Å². The van der Waals surface area contributed by atoms with Gasteiger partial charge in [0.15, 0.2) is 0 Å². The molecule has 0 aliphatic carbocycles. The van der Waals surface area contributed by atoms with E-state index in [2.05, 4.69) is 18.0 Å². The molecule has 0 N–H and O–H groups in total. The van der Waals surface area contributed by atoms with Gasteiger partial charge in [0, 0.05) is 38.4 Å². The SMILES string of the molecule is Cc1cccc2c1CCN2C(=O)Cc1nc(N2CCOCC2)cc(=O)n1C. The van der Waals surface area contributed by atoms with Gasteiger partial charge in [-0.05, 0) is 30.5 Å². The third-order valence-electron chi connectivity index (χ3n) is 5.42. The number of nitrogens with zero attached hydrogens (tertiary/aromatic N) is 4. The number of fused-ring (bicyclic) bond motifs is 1. The number of hydrogen-bond donors (Lipinski definition) is 0. The summed E-state index contributed by atoms with van der Waals surface area (Å²) < 4.78 is 6.83. The molecule has 2 aromatic rings. The highest BCUT2D eigenvalue weighted by atomic mass is 16.5. The van der Waals surface area contributed by atoms with Crippen molar-refractivity contribution in [3.63, 3.8) is 0 Å². The molecule has 27 heavy (non-hydrogen) atoms. The molecule has 0 saturated carbocycles. The number of aryl methyl sites for hydroxylation is 1. The molecule has 1 fully saturated rings. The van der Waals surface area contributed by atoms with Crippen LogP contribution in [0.1, 0.15) is 17.0 Å². The van der Waals surface area contributed by atoms with Crippen LogP contribution in [0, 0.1) is 6.92 Å². The van der Waals surface area contributed by atoms with Gasteiger partial charge in [0.05, 0.1) is 19.6 Å². The molecule has 3 heterocycles. The highest BCUT2D eigenvalue weighted by Crippen LogP contribution is 2.30. The van der Waals surface area contributed by atoms with Crippen molar-refractivity contribution in [1.82, 2.24) is 9.55 Å². The first-order valence-corrected chi connectivity index (χ1v) is 9.33. The number of carbonyl (C=O) groups is 1. The van der Waals surface area contributed by atoms with E-state index in [4.69, 9.17) is 4.74 Å². The molecule has 4 rings (SSSR count). The van der Waals surface area contributed by atoms with E-state index in [-0.39, 0.29) is 17.9 Å². The van der Waals surface area contributed by atoms with Gasteiger partial charge in [0.2, 0.25) is 5.91 Å². The molecule has 142 valence electrons. The third kappa shape index (κ3) is 3.35. The van der Waals surface area contributed by atoms with Crippen molar-refractivity contribution in [3.05, 3.63) is 51.6 Å². The Balaban J connectivity index is 1.59. The van der Waals surface area contributed by atoms with E-state index in [0.29, 0.717) is 44.5 Å². The topological polar surface area (TPSA) is 67.7 Å². The highest BCUT2D eigenvalue weighted by molar-refractivity contribution is 5.96. The Hall–Kier alpha value is -2.67. The fraction of sp³-hybridized carbons (Fsp3) is 0.450. The maximum atomic E-state index is 13.0. The number of benzene rings is 1. The van der Waals surface area contributed by atoms with Gasteiger partial charge in [-0.3, -0.25) is 14.2 Å². The smallest absolute Gasteiger partial charge is 0.255 e. The van der Waals surface area contributed by atoms with Gasteiger partial charge in [-0.2, -0.15) is 0 Å². The number of anilines is 2. The summed E-state index contributed by atoms with van der Waals surface area (Å²) in [5.74, 6) is 1.10. The van der Waals surface area contributed by atoms with Crippen LogP contribution in [-0.2, 0) is 29.4 Å². The van der Waals surface area contributed by atoms with E-state index < -0.39 is 0 Å². The second-order valence-corrected chi connectivity index (χ2v) is 7.07. The summed E-state index contributed by atoms with van der Waals surface area (Å²) in [4.78, 5) is 33.8. The number of amides is 1. The van der Waals surface area contributed by atoms with Gasteiger partial charge in [0.25, 0.3) is 5.56 Å². The number of rotatable bonds is 3. The summed E-state index contributed by atoms with van der Waals surface area (Å²) in [7, 11) is 1.67. The molecule has 1 amide bonds. The Morgan fingerprint density at radius 3 is 2.78 bits per heavy atom. The maximum absolute atomic E-state index is 13.0. The van der Waals surface area contributed by atoms with E-state index in [9.17, 15) is 9.59 Å². The maximum Gasteiger partial charge on any atom is 0.255 e. The summed E-state index contributed by atoms with van der Waals surface area (Å²) >= 11 is 0. The summed E-state index contributed by atoms with van der Waals surface area (Å²) in [5, 5.41) is 0. The molecular weight excluding hydrogens is 344 g/mol. The van der Waals surface area contributed by atoms with Crippen molar-refractivity contribution in [2.75, 3.05) is 42.6 Å². The highest BCUT2D eigenvalue weighted by Gasteiger charge is 2.27. The number of hydrogen-bond acceptors (Lipinski definition) is 5. The largest absolute Gasteiger partial charge is 0.378 e. The van der Waals surface area contributed by atoms with E-state index in [0.717, 1.165) is 12.1 Å². The number of ether oxygens (including phenoxy) is 1. The van der Waals surface area contributed by atoms with Crippen molar-refractivity contribution in [3.8, 4) is 0 Å². The van der Waals surface area contributed by atoms with E-state index >= 15 is 0 Å². The van der Waals surface area contributed by atoms with Crippen LogP contribution in [0.2, 0.25) is 0 Å². The van der Waals surface area contributed by atoms with E-state index in [1.165, 1.54) is 21.8 Å². The molecule has 0 unspecified atom stereocenters. The first kappa shape index (κ1) is 17.7. The number of carbonyl (C=O) groups excluding carboxylic acids is 1. The average molecular weight is 368 g/mol. The Bertz CT molecular complexity index is 931. The molecule has 7 heteroatoms. The molecule has 0 bridgehead atoms. The van der Waals surface area contributed by atoms with Crippen molar-refractivity contribution >= 4 is 17.4 Å². The standard InChI is InChI=1S/C20H24N4O3/c1-14-4-3-5-16-15(14)6-7-24(16)20(26)12-17-21-18(13-19(25)22(17)2)23-8-10-27-11-9-23/h3-5,13H,6-12H2,1-2H3. The Kier molecular flexibility index (Phi) is 4.70. The zero-order chi connectivity index (χ0) is 19.0. The lowest BCUT2D eigenvalue weighted by atomic mass is 10.1. The first-order valence-electron chi connectivity index (χ1n) is 9.33. The summed E-state index contributed by atoms with van der Waals surface area (Å²) in [6.07, 6.45) is 0.977. The molecule has 2 aliphatic heterocycles. The van der Waals surface area contributed by atoms with Crippen LogP contribution in [-0.4, -0.2) is 48.3 Å². The Morgan fingerprint density at radius 2 is 2.00 bits per heavy atom. The van der Waals surface area contributed by atoms with E-state index in [1.54, 1.807) is 7.05 Å². The number of morpholine rings is 1. The van der Waals surface area contributed by atoms with Gasteiger partial charge < -0.3 is 14.5 Å². The lowest BCUT2D eigenvalue weighted by Crippen LogP contribution is -2.39. The van der Waals surface area contributed by atoms with Gasteiger partial charge in [-0.15, -0.1) is 0 Å². The van der Waals surface area contributed by atoms with Crippen molar-refractivity contribution in [1.29, 1.82) is 0 Å². The van der Waals surface area contributed by atoms with Crippen LogP contribution < -0.4 is 15.4 Å². The minimum atomic E-state index is -0.146. The molecular formula is C20H24N4O3. The molecule has 0 spiro atoms. The summed E-state index contributed by atoms with van der Waals surface area (Å²) in [6.45, 7) is 5.39. The lowest BCUT2D eigenvalue weighted by Gasteiger charge is -2.28. The minimum Gasteiger partial charge on any atom is -0.378 e. The van der Waals surface area contributed by atoms with Crippen LogP contribution in [0.3, 0.4) is 0 Å². The second kappa shape index (κ2) is 7.15. The molecule has 1 aromatic heterocycles. The van der Waals surface area contributed by atoms with E-state index in [1.807, 2.05) is 21.9 Å². The van der Waals surface area contributed by atoms with Crippen LogP contribution in [0.4, 0.5) is 11.5 Å². The average Bonchev–Trinajstić information content (AvgIpc) is 3.11. The normalized spacial score (nSPS) is 16.5. The van der Waals surface area contributed by atoms with Gasteiger partial charge in [0.1, 0.15) is 11.6 Å². The van der Waals surface area contributed by atoms with Gasteiger partial charge in [-0.1, -0.05) is 12.1 Å². The quantitative estimate of drug-likeness (QED) is 0.810. The zero-order valence-electron chi connectivity index (χ0n) is 15.8. The van der Waals surface area contributed by atoms with Crippen LogP contribution >= 0.6 is 0 Å². The third-order valence-corrected chi connectivity index (χ3v) is 5.42. The Morgan fingerprint density at radius 1 is 1.22 bits per heavy atom. The predicted molar refractivity (Wildman–Crippen MR) is 103 cm³/mol. The molecule has 1 aromatic carbocycles. The molecule has 0 radical (unpaired) electrons. The summed E-state index contributed by atoms with van der Waals surface area (Å²) in [5.41, 5.74) is 3.28. The van der Waals surface area contributed by atoms with Gasteiger partial charge in [-0.25, -0.2) is 4.98 Å². The predicted octanol–water partition coefficient (Wildman–Crippen LogP) is 1.06. The van der Waals surface area contributed by atoms with Crippen molar-refractivity contribution in [2.24, 2.45) is 7.05 Å². The minimum absolute atomic E-state index is 0.0269. The molecule has 2 aliphatic rings. The second-order valence-electron chi connectivity index (χ2n) is 7.07. The lowest BCUT2D eigenvalue weighted by molar-refractivity contribution is -0.118. The first-order chi connectivity index (χ1) is 13.0. The molecule has 1 saturated heterocycles. The summed E-state index contributed by atoms with van der Waals surface area (Å²) in [6, 6.07) is 7.58. The number of aromatic nitrogens is 2. The van der Waals surface area contributed by atoms with Gasteiger partial charge >= 0.3 is 0 Å². The zero-order valence-corrected chi connectivity index (χ0v) is 15.8. The fourth-order valence-corrected chi connectivity index (χ4v) is 3.79. The van der Waals surface area contributed by atoms with Crippen LogP contribution in [0.5, 0.6) is 0 Å². The Labute approximate surface area is 158 Å². The van der Waals surface area contributed by atoms with Crippen LogP contribution in [0.25, 0.3) is 0 Å². The van der Waals surface area contributed by atoms with Crippen molar-refractivity contribution in [2.45, 2.75) is 19.8 Å². The van der Waals surface area contributed by atoms with Crippen LogP contribution in [0.15, 0.2) is 29.1 Å². The molecule has 0 atom stereocenters. The monoisotopic (exact) mass is 368 g/mol. The fourth-order valence-electron chi connectivity index (χ4n) is 3.79.